The average molecular weight is 249 g/mol. The van der Waals surface area contributed by atoms with Crippen molar-refractivity contribution in [2.45, 2.75) is 25.4 Å². The van der Waals surface area contributed by atoms with Crippen molar-refractivity contribution in [3.63, 3.8) is 0 Å². The van der Waals surface area contributed by atoms with Crippen LogP contribution in [0, 0.1) is 5.92 Å². The van der Waals surface area contributed by atoms with Gasteiger partial charge in [0, 0.05) is 12.5 Å². The summed E-state index contributed by atoms with van der Waals surface area (Å²) in [5.41, 5.74) is 2.25. The maximum absolute atomic E-state index is 10.6. The van der Waals surface area contributed by atoms with Gasteiger partial charge in [-0.05, 0) is 42.8 Å². The lowest BCUT2D eigenvalue weighted by Crippen LogP contribution is -2.34. The minimum atomic E-state index is -0.410. The third-order valence-electron chi connectivity index (χ3n) is 4.14. The highest BCUT2D eigenvalue weighted by Crippen LogP contribution is 2.50. The van der Waals surface area contributed by atoms with Crippen LogP contribution in [0.15, 0.2) is 18.2 Å². The SMILES string of the molecule is COc1ccc2c(c1)C(O)C(CN(C)C)C2(C)C. The first-order valence-electron chi connectivity index (χ1n) is 6.39. The summed E-state index contributed by atoms with van der Waals surface area (Å²) in [5, 5.41) is 10.6. The van der Waals surface area contributed by atoms with E-state index in [1.165, 1.54) is 5.56 Å². The van der Waals surface area contributed by atoms with Crippen molar-refractivity contribution in [3.05, 3.63) is 29.3 Å². The second-order valence-corrected chi connectivity index (χ2v) is 5.99. The van der Waals surface area contributed by atoms with Gasteiger partial charge >= 0.3 is 0 Å². The van der Waals surface area contributed by atoms with Crippen LogP contribution in [0.4, 0.5) is 0 Å². The number of rotatable bonds is 3. The lowest BCUT2D eigenvalue weighted by atomic mass is 9.78. The van der Waals surface area contributed by atoms with Crippen molar-refractivity contribution in [3.8, 4) is 5.75 Å². The lowest BCUT2D eigenvalue weighted by Gasteiger charge is -2.31. The Hall–Kier alpha value is -1.06. The summed E-state index contributed by atoms with van der Waals surface area (Å²) in [5.74, 6) is 1.03. The molecule has 18 heavy (non-hydrogen) atoms. The quantitative estimate of drug-likeness (QED) is 0.891. The van der Waals surface area contributed by atoms with Crippen LogP contribution in [0.2, 0.25) is 0 Å². The van der Waals surface area contributed by atoms with Crippen LogP contribution in [-0.4, -0.2) is 37.8 Å². The van der Waals surface area contributed by atoms with Crippen LogP contribution in [0.3, 0.4) is 0 Å². The van der Waals surface area contributed by atoms with Crippen molar-refractivity contribution in [1.82, 2.24) is 4.90 Å². The number of benzene rings is 1. The molecule has 2 rings (SSSR count). The van der Waals surface area contributed by atoms with Crippen molar-refractivity contribution in [1.29, 1.82) is 0 Å². The first-order chi connectivity index (χ1) is 8.37. The summed E-state index contributed by atoms with van der Waals surface area (Å²) in [4.78, 5) is 2.14. The van der Waals surface area contributed by atoms with Crippen LogP contribution in [-0.2, 0) is 5.41 Å². The number of ether oxygens (including phenoxy) is 1. The van der Waals surface area contributed by atoms with E-state index in [2.05, 4.69) is 24.8 Å². The number of hydrogen-bond acceptors (Lipinski definition) is 3. The standard InChI is InChI=1S/C15H23NO2/c1-15(2)12-7-6-10(18-5)8-11(12)14(17)13(15)9-16(3)4/h6-8,13-14,17H,9H2,1-5H3. The van der Waals surface area contributed by atoms with Gasteiger partial charge in [-0.3, -0.25) is 0 Å². The Morgan fingerprint density at radius 2 is 2.00 bits per heavy atom. The van der Waals surface area contributed by atoms with Crippen molar-refractivity contribution < 1.29 is 9.84 Å². The third-order valence-corrected chi connectivity index (χ3v) is 4.14. The van der Waals surface area contributed by atoms with E-state index in [0.29, 0.717) is 0 Å². The maximum atomic E-state index is 10.6. The van der Waals surface area contributed by atoms with Gasteiger partial charge in [0.15, 0.2) is 0 Å². The molecule has 3 nitrogen and oxygen atoms in total. The Bertz CT molecular complexity index is 440. The number of aliphatic hydroxyl groups excluding tert-OH is 1. The molecule has 2 unspecified atom stereocenters. The van der Waals surface area contributed by atoms with E-state index >= 15 is 0 Å². The molecule has 0 saturated heterocycles. The predicted molar refractivity (Wildman–Crippen MR) is 73.0 cm³/mol. The van der Waals surface area contributed by atoms with Gasteiger partial charge in [0.05, 0.1) is 13.2 Å². The zero-order valence-corrected chi connectivity index (χ0v) is 11.9. The third kappa shape index (κ3) is 2.02. The van der Waals surface area contributed by atoms with E-state index in [1.807, 2.05) is 26.2 Å². The smallest absolute Gasteiger partial charge is 0.119 e. The number of methoxy groups -OCH3 is 1. The average Bonchev–Trinajstić information content (AvgIpc) is 2.50. The van der Waals surface area contributed by atoms with E-state index < -0.39 is 6.10 Å². The van der Waals surface area contributed by atoms with Gasteiger partial charge < -0.3 is 14.7 Å². The highest BCUT2D eigenvalue weighted by molar-refractivity contribution is 5.46. The normalized spacial score (nSPS) is 25.3. The van der Waals surface area contributed by atoms with E-state index in [9.17, 15) is 5.11 Å². The second-order valence-electron chi connectivity index (χ2n) is 5.99. The fraction of sp³-hybridized carbons (Fsp3) is 0.600. The number of nitrogens with zero attached hydrogens (tertiary/aromatic N) is 1. The monoisotopic (exact) mass is 249 g/mol. The number of hydrogen-bond donors (Lipinski definition) is 1. The molecular weight excluding hydrogens is 226 g/mol. The molecule has 2 atom stereocenters. The van der Waals surface area contributed by atoms with Gasteiger partial charge in [0.2, 0.25) is 0 Å². The molecule has 1 aromatic rings. The van der Waals surface area contributed by atoms with Gasteiger partial charge in [-0.15, -0.1) is 0 Å². The molecule has 0 aliphatic heterocycles. The van der Waals surface area contributed by atoms with Gasteiger partial charge in [-0.2, -0.15) is 0 Å². The van der Waals surface area contributed by atoms with Crippen molar-refractivity contribution in [2.75, 3.05) is 27.7 Å². The van der Waals surface area contributed by atoms with Crippen molar-refractivity contribution >= 4 is 0 Å². The molecule has 0 heterocycles. The van der Waals surface area contributed by atoms with Crippen LogP contribution in [0.5, 0.6) is 5.75 Å². The topological polar surface area (TPSA) is 32.7 Å². The van der Waals surface area contributed by atoms with E-state index in [0.717, 1.165) is 17.9 Å². The second kappa shape index (κ2) is 4.56. The highest BCUT2D eigenvalue weighted by atomic mass is 16.5. The predicted octanol–water partition coefficient (Wildman–Crippen LogP) is 2.20. The molecule has 0 radical (unpaired) electrons. The minimum Gasteiger partial charge on any atom is -0.497 e. The van der Waals surface area contributed by atoms with E-state index in [1.54, 1.807) is 7.11 Å². The Kier molecular flexibility index (Phi) is 3.39. The molecule has 1 aliphatic carbocycles. The van der Waals surface area contributed by atoms with E-state index in [4.69, 9.17) is 4.74 Å². The molecule has 0 bridgehead atoms. The van der Waals surface area contributed by atoms with Crippen LogP contribution >= 0.6 is 0 Å². The summed E-state index contributed by atoms with van der Waals surface area (Å²) in [6, 6.07) is 6.04. The fourth-order valence-electron chi connectivity index (χ4n) is 3.03. The molecule has 3 heteroatoms. The Morgan fingerprint density at radius 3 is 2.56 bits per heavy atom. The van der Waals surface area contributed by atoms with Crippen LogP contribution in [0.1, 0.15) is 31.1 Å². The molecule has 100 valence electrons. The zero-order chi connectivity index (χ0) is 13.5. The molecule has 1 aromatic carbocycles. The molecule has 0 saturated carbocycles. The minimum absolute atomic E-state index is 0.00864. The van der Waals surface area contributed by atoms with Crippen LogP contribution < -0.4 is 4.74 Å². The molecule has 1 N–H and O–H groups in total. The Labute approximate surface area is 109 Å². The summed E-state index contributed by atoms with van der Waals surface area (Å²) in [6.45, 7) is 5.30. The molecule has 0 spiro atoms. The molecule has 0 fully saturated rings. The first kappa shape index (κ1) is 13.4. The van der Waals surface area contributed by atoms with Crippen LogP contribution in [0.25, 0.3) is 0 Å². The molecule has 0 amide bonds. The fourth-order valence-corrected chi connectivity index (χ4v) is 3.03. The molecule has 0 aromatic heterocycles. The maximum Gasteiger partial charge on any atom is 0.119 e. The Balaban J connectivity index is 2.43. The zero-order valence-electron chi connectivity index (χ0n) is 11.9. The highest BCUT2D eigenvalue weighted by Gasteiger charge is 2.45. The molecule has 1 aliphatic rings. The largest absolute Gasteiger partial charge is 0.497 e. The van der Waals surface area contributed by atoms with Gasteiger partial charge in [0.1, 0.15) is 5.75 Å². The summed E-state index contributed by atoms with van der Waals surface area (Å²) in [7, 11) is 5.75. The van der Waals surface area contributed by atoms with Gasteiger partial charge in [0.25, 0.3) is 0 Å². The summed E-state index contributed by atoms with van der Waals surface area (Å²) >= 11 is 0. The first-order valence-corrected chi connectivity index (χ1v) is 6.39. The Morgan fingerprint density at radius 1 is 1.33 bits per heavy atom. The number of fused-ring (bicyclic) bond motifs is 1. The summed E-state index contributed by atoms with van der Waals surface area (Å²) in [6.07, 6.45) is -0.410. The molecular formula is C15H23NO2. The lowest BCUT2D eigenvalue weighted by molar-refractivity contribution is 0.0711. The summed E-state index contributed by atoms with van der Waals surface area (Å²) < 4.78 is 5.25. The number of aliphatic hydroxyl groups is 1. The van der Waals surface area contributed by atoms with Gasteiger partial charge in [-0.25, -0.2) is 0 Å². The van der Waals surface area contributed by atoms with E-state index in [-0.39, 0.29) is 11.3 Å². The van der Waals surface area contributed by atoms with Crippen molar-refractivity contribution in [2.24, 2.45) is 5.92 Å². The van der Waals surface area contributed by atoms with Gasteiger partial charge in [-0.1, -0.05) is 19.9 Å².